The Morgan fingerprint density at radius 2 is 2.39 bits per heavy atom. The number of allylic oxidation sites excluding steroid dienone is 1. The van der Waals surface area contributed by atoms with E-state index in [0.717, 1.165) is 5.57 Å². The predicted octanol–water partition coefficient (Wildman–Crippen LogP) is 0.584. The third-order valence-corrected chi connectivity index (χ3v) is 3.26. The van der Waals surface area contributed by atoms with Crippen LogP contribution in [0, 0.1) is 10.1 Å². The van der Waals surface area contributed by atoms with Crippen molar-refractivity contribution < 1.29 is 10.0 Å². The number of rotatable bonds is 2. The van der Waals surface area contributed by atoms with Crippen molar-refractivity contribution in [3.63, 3.8) is 0 Å². The van der Waals surface area contributed by atoms with E-state index < -0.39 is 11.0 Å². The van der Waals surface area contributed by atoms with E-state index in [0.29, 0.717) is 25.0 Å². The summed E-state index contributed by atoms with van der Waals surface area (Å²) in [5.41, 5.74) is 7.10. The highest BCUT2D eigenvalue weighted by Crippen LogP contribution is 2.31. The average molecular weight is 252 g/mol. The fraction of sp³-hybridized carbons (Fsp3) is 0.545. The van der Waals surface area contributed by atoms with Crippen LogP contribution in [0.2, 0.25) is 0 Å². The quantitative estimate of drug-likeness (QED) is 0.591. The number of aromatic nitrogens is 2. The summed E-state index contributed by atoms with van der Waals surface area (Å²) in [7, 11) is 1.67. The summed E-state index contributed by atoms with van der Waals surface area (Å²) < 4.78 is 1.49. The standard InChI is InChI=1S/C11H16N4O3/c1-14-11(9(6-13-14)15(17)18)7-2-4-8(12)10(16)5-3-7/h2,6,8,10,16H,3-5,12H2,1H3/t8?,10-/m1/s1. The van der Waals surface area contributed by atoms with E-state index in [-0.39, 0.29) is 11.7 Å². The van der Waals surface area contributed by atoms with Crippen LogP contribution < -0.4 is 5.73 Å². The molecule has 0 amide bonds. The van der Waals surface area contributed by atoms with Crippen molar-refractivity contribution >= 4 is 11.3 Å². The molecule has 1 aliphatic rings. The van der Waals surface area contributed by atoms with Crippen LogP contribution >= 0.6 is 0 Å². The van der Waals surface area contributed by atoms with Gasteiger partial charge in [0.25, 0.3) is 0 Å². The largest absolute Gasteiger partial charge is 0.391 e. The zero-order valence-corrected chi connectivity index (χ0v) is 10.1. The van der Waals surface area contributed by atoms with Crippen LogP contribution in [-0.4, -0.2) is 32.0 Å². The highest BCUT2D eigenvalue weighted by Gasteiger charge is 2.25. The maximum atomic E-state index is 10.9. The lowest BCUT2D eigenvalue weighted by atomic mass is 10.0. The minimum Gasteiger partial charge on any atom is -0.391 e. The first-order chi connectivity index (χ1) is 8.50. The topological polar surface area (TPSA) is 107 Å². The Labute approximate surface area is 104 Å². The summed E-state index contributed by atoms with van der Waals surface area (Å²) in [4.78, 5) is 10.5. The van der Waals surface area contributed by atoms with E-state index in [9.17, 15) is 15.2 Å². The molecule has 7 heteroatoms. The molecule has 1 aromatic rings. The molecule has 0 aromatic carbocycles. The lowest BCUT2D eigenvalue weighted by Gasteiger charge is -2.13. The molecule has 0 saturated carbocycles. The van der Waals surface area contributed by atoms with Crippen molar-refractivity contribution in [2.75, 3.05) is 0 Å². The summed E-state index contributed by atoms with van der Waals surface area (Å²) in [5, 5.41) is 24.6. The second kappa shape index (κ2) is 4.87. The smallest absolute Gasteiger partial charge is 0.314 e. The van der Waals surface area contributed by atoms with E-state index >= 15 is 0 Å². The van der Waals surface area contributed by atoms with E-state index in [2.05, 4.69) is 5.10 Å². The van der Waals surface area contributed by atoms with Gasteiger partial charge >= 0.3 is 5.69 Å². The second-order valence-corrected chi connectivity index (χ2v) is 4.49. The van der Waals surface area contributed by atoms with Crippen molar-refractivity contribution in [1.82, 2.24) is 9.78 Å². The number of nitrogens with two attached hydrogens (primary N) is 1. The van der Waals surface area contributed by atoms with Crippen molar-refractivity contribution in [2.45, 2.75) is 31.4 Å². The number of aliphatic hydroxyl groups excluding tert-OH is 1. The SMILES string of the molecule is Cn1ncc([N+](=O)[O-])c1C1=CCC(N)[C@H](O)CC1. The molecule has 2 rings (SSSR count). The predicted molar refractivity (Wildman–Crippen MR) is 65.7 cm³/mol. The lowest BCUT2D eigenvalue weighted by Crippen LogP contribution is -2.33. The highest BCUT2D eigenvalue weighted by atomic mass is 16.6. The van der Waals surface area contributed by atoms with Gasteiger partial charge in [-0.1, -0.05) is 6.08 Å². The van der Waals surface area contributed by atoms with E-state index in [1.807, 2.05) is 6.08 Å². The molecule has 98 valence electrons. The van der Waals surface area contributed by atoms with Crippen molar-refractivity contribution in [2.24, 2.45) is 12.8 Å². The summed E-state index contributed by atoms with van der Waals surface area (Å²) in [6.45, 7) is 0. The number of hydrogen-bond acceptors (Lipinski definition) is 5. The molecule has 7 nitrogen and oxygen atoms in total. The van der Waals surface area contributed by atoms with Gasteiger partial charge in [-0.15, -0.1) is 0 Å². The van der Waals surface area contributed by atoms with Gasteiger partial charge in [0.05, 0.1) is 11.0 Å². The maximum Gasteiger partial charge on any atom is 0.314 e. The molecule has 0 spiro atoms. The van der Waals surface area contributed by atoms with Crippen LogP contribution in [0.15, 0.2) is 12.3 Å². The Bertz CT molecular complexity index is 494. The van der Waals surface area contributed by atoms with Gasteiger partial charge in [-0.25, -0.2) is 0 Å². The number of nitro groups is 1. The highest BCUT2D eigenvalue weighted by molar-refractivity contribution is 5.70. The van der Waals surface area contributed by atoms with E-state index in [1.165, 1.54) is 10.9 Å². The minimum atomic E-state index is -0.564. The summed E-state index contributed by atoms with van der Waals surface area (Å²) in [6, 6.07) is -0.310. The third-order valence-electron chi connectivity index (χ3n) is 3.26. The summed E-state index contributed by atoms with van der Waals surface area (Å²) >= 11 is 0. The summed E-state index contributed by atoms with van der Waals surface area (Å²) in [5.74, 6) is 0. The van der Waals surface area contributed by atoms with Crippen LogP contribution in [0.1, 0.15) is 25.0 Å². The molecule has 1 aliphatic carbocycles. The molecule has 0 aliphatic heterocycles. The number of aryl methyl sites for hydroxylation is 1. The lowest BCUT2D eigenvalue weighted by molar-refractivity contribution is -0.385. The van der Waals surface area contributed by atoms with Crippen molar-refractivity contribution in [1.29, 1.82) is 0 Å². The Kier molecular flexibility index (Phi) is 3.44. The molecule has 3 N–H and O–H groups in total. The van der Waals surface area contributed by atoms with Gasteiger partial charge in [-0.05, 0) is 24.8 Å². The molecule has 0 bridgehead atoms. The molecular formula is C11H16N4O3. The van der Waals surface area contributed by atoms with Crippen LogP contribution in [0.5, 0.6) is 0 Å². The average Bonchev–Trinajstić information content (AvgIpc) is 2.63. The first-order valence-electron chi connectivity index (χ1n) is 5.80. The first kappa shape index (κ1) is 12.7. The van der Waals surface area contributed by atoms with Gasteiger partial charge in [0.15, 0.2) is 0 Å². The minimum absolute atomic E-state index is 0.00582. The molecule has 0 fully saturated rings. The number of aliphatic hydroxyl groups is 1. The van der Waals surface area contributed by atoms with E-state index in [4.69, 9.17) is 5.73 Å². The van der Waals surface area contributed by atoms with Crippen molar-refractivity contribution in [3.8, 4) is 0 Å². The third kappa shape index (κ3) is 2.27. The Hall–Kier alpha value is -1.73. The maximum absolute atomic E-state index is 10.9. The zero-order chi connectivity index (χ0) is 13.3. The fourth-order valence-electron chi connectivity index (χ4n) is 2.20. The van der Waals surface area contributed by atoms with Crippen LogP contribution in [-0.2, 0) is 7.05 Å². The molecule has 0 saturated heterocycles. The molecule has 2 atom stereocenters. The summed E-state index contributed by atoms with van der Waals surface area (Å²) in [6.07, 6.45) is 4.14. The van der Waals surface area contributed by atoms with Crippen LogP contribution in [0.3, 0.4) is 0 Å². The monoisotopic (exact) mass is 252 g/mol. The normalized spacial score (nSPS) is 24.5. The Balaban J connectivity index is 2.37. The van der Waals surface area contributed by atoms with Crippen LogP contribution in [0.25, 0.3) is 5.57 Å². The van der Waals surface area contributed by atoms with E-state index in [1.54, 1.807) is 7.05 Å². The van der Waals surface area contributed by atoms with Crippen molar-refractivity contribution in [3.05, 3.63) is 28.1 Å². The molecule has 1 heterocycles. The zero-order valence-electron chi connectivity index (χ0n) is 10.1. The molecular weight excluding hydrogens is 236 g/mol. The van der Waals surface area contributed by atoms with Gasteiger partial charge in [0.2, 0.25) is 0 Å². The number of nitrogens with zero attached hydrogens (tertiary/aromatic N) is 3. The fourth-order valence-corrected chi connectivity index (χ4v) is 2.20. The second-order valence-electron chi connectivity index (χ2n) is 4.49. The van der Waals surface area contributed by atoms with Gasteiger partial charge in [0, 0.05) is 13.1 Å². The Morgan fingerprint density at radius 3 is 3.06 bits per heavy atom. The van der Waals surface area contributed by atoms with Gasteiger partial charge < -0.3 is 10.8 Å². The van der Waals surface area contributed by atoms with Gasteiger partial charge in [0.1, 0.15) is 11.9 Å². The Morgan fingerprint density at radius 1 is 1.67 bits per heavy atom. The molecule has 0 radical (unpaired) electrons. The van der Waals surface area contributed by atoms with Crippen LogP contribution in [0.4, 0.5) is 5.69 Å². The molecule has 18 heavy (non-hydrogen) atoms. The molecule has 1 aromatic heterocycles. The number of hydrogen-bond donors (Lipinski definition) is 2. The molecule has 1 unspecified atom stereocenters. The van der Waals surface area contributed by atoms with Gasteiger partial charge in [-0.3, -0.25) is 14.8 Å². The van der Waals surface area contributed by atoms with Gasteiger partial charge in [-0.2, -0.15) is 5.10 Å². The first-order valence-corrected chi connectivity index (χ1v) is 5.80.